The molecule has 0 aliphatic carbocycles. The van der Waals surface area contributed by atoms with Crippen molar-refractivity contribution in [3.8, 4) is 5.75 Å². The maximum absolute atomic E-state index is 12.4. The molecule has 2 heteroatoms. The summed E-state index contributed by atoms with van der Waals surface area (Å²) in [7, 11) is 0. The highest BCUT2D eigenvalue weighted by Crippen LogP contribution is 2.16. The van der Waals surface area contributed by atoms with Crippen LogP contribution in [-0.4, -0.2) is 5.97 Å². The Bertz CT molecular complexity index is 764. The van der Waals surface area contributed by atoms with Gasteiger partial charge in [0.15, 0.2) is 0 Å². The van der Waals surface area contributed by atoms with E-state index in [1.807, 2.05) is 60.7 Å². The summed E-state index contributed by atoms with van der Waals surface area (Å²) in [6.45, 7) is 0. The van der Waals surface area contributed by atoms with Crippen LogP contribution in [0.5, 0.6) is 5.75 Å². The summed E-state index contributed by atoms with van der Waals surface area (Å²) in [5.41, 5.74) is 2.91. The second kappa shape index (κ2) is 7.41. The van der Waals surface area contributed by atoms with Crippen LogP contribution in [0.3, 0.4) is 0 Å². The Balaban J connectivity index is 1.73. The maximum atomic E-state index is 12.4. The molecule has 114 valence electrons. The molecule has 3 aromatic carbocycles. The number of esters is 1. The third-order valence-electron chi connectivity index (χ3n) is 3.72. The van der Waals surface area contributed by atoms with E-state index in [1.54, 1.807) is 12.1 Å². The van der Waals surface area contributed by atoms with Gasteiger partial charge >= 0.3 is 5.97 Å². The van der Waals surface area contributed by atoms with Crippen molar-refractivity contribution in [3.63, 3.8) is 0 Å². The Morgan fingerprint density at radius 1 is 0.696 bits per heavy atom. The van der Waals surface area contributed by atoms with Gasteiger partial charge in [-0.1, -0.05) is 66.7 Å². The summed E-state index contributed by atoms with van der Waals surface area (Å²) in [6, 6.07) is 27.1. The molecular weight excluding hydrogens is 284 g/mol. The third kappa shape index (κ3) is 4.07. The first kappa shape index (κ1) is 15.0. The molecule has 0 spiro atoms. The summed E-state index contributed by atoms with van der Waals surface area (Å²) < 4.78 is 5.45. The molecule has 2 nitrogen and oxygen atoms in total. The van der Waals surface area contributed by atoms with Crippen LogP contribution in [0, 0.1) is 0 Å². The zero-order chi connectivity index (χ0) is 15.9. The Hall–Kier alpha value is -2.87. The average molecular weight is 302 g/mol. The standard InChI is InChI=1S/C21H18O2/c22-21(23-19-12-5-2-6-13-19)20-14-8-7-11-18(20)16-15-17-9-3-1-4-10-17/h1-14H,15-16H2. The molecule has 3 aromatic rings. The molecule has 0 aromatic heterocycles. The Kier molecular flexibility index (Phi) is 4.85. The predicted molar refractivity (Wildman–Crippen MR) is 91.7 cm³/mol. The van der Waals surface area contributed by atoms with Crippen molar-refractivity contribution in [2.45, 2.75) is 12.8 Å². The molecular formula is C21H18O2. The van der Waals surface area contributed by atoms with Crippen molar-refractivity contribution in [2.75, 3.05) is 0 Å². The number of hydrogen-bond donors (Lipinski definition) is 0. The molecule has 23 heavy (non-hydrogen) atoms. The SMILES string of the molecule is O=C(Oc1ccccc1)c1ccccc1CCc1ccccc1. The van der Waals surface area contributed by atoms with Crippen LogP contribution in [0.2, 0.25) is 0 Å². The Morgan fingerprint density at radius 3 is 2.04 bits per heavy atom. The van der Waals surface area contributed by atoms with Gasteiger partial charge in [-0.2, -0.15) is 0 Å². The number of rotatable bonds is 5. The van der Waals surface area contributed by atoms with Crippen molar-refractivity contribution in [3.05, 3.63) is 102 Å². The number of benzene rings is 3. The van der Waals surface area contributed by atoms with Gasteiger partial charge in [-0.25, -0.2) is 4.79 Å². The smallest absolute Gasteiger partial charge is 0.343 e. The first-order chi connectivity index (χ1) is 11.3. The summed E-state index contributed by atoms with van der Waals surface area (Å²) in [5, 5.41) is 0. The van der Waals surface area contributed by atoms with Crippen molar-refractivity contribution in [1.82, 2.24) is 0 Å². The number of hydrogen-bond acceptors (Lipinski definition) is 2. The van der Waals surface area contributed by atoms with E-state index in [9.17, 15) is 4.79 Å². The van der Waals surface area contributed by atoms with Gasteiger partial charge in [-0.15, -0.1) is 0 Å². The maximum Gasteiger partial charge on any atom is 0.343 e. The highest BCUT2D eigenvalue weighted by Gasteiger charge is 2.13. The van der Waals surface area contributed by atoms with Gasteiger partial charge in [0.2, 0.25) is 0 Å². The monoisotopic (exact) mass is 302 g/mol. The van der Waals surface area contributed by atoms with Crippen LogP contribution in [-0.2, 0) is 12.8 Å². The van der Waals surface area contributed by atoms with E-state index >= 15 is 0 Å². The van der Waals surface area contributed by atoms with Gasteiger partial charge in [-0.3, -0.25) is 0 Å². The molecule has 0 aliphatic rings. The highest BCUT2D eigenvalue weighted by molar-refractivity contribution is 5.92. The fourth-order valence-corrected chi connectivity index (χ4v) is 2.51. The molecule has 0 saturated heterocycles. The quantitative estimate of drug-likeness (QED) is 0.505. The van der Waals surface area contributed by atoms with Gasteiger partial charge in [0.25, 0.3) is 0 Å². The molecule has 0 aliphatic heterocycles. The lowest BCUT2D eigenvalue weighted by molar-refractivity contribution is 0.0733. The van der Waals surface area contributed by atoms with Gasteiger partial charge in [-0.05, 0) is 42.2 Å². The van der Waals surface area contributed by atoms with Gasteiger partial charge in [0, 0.05) is 0 Å². The predicted octanol–water partition coefficient (Wildman–Crippen LogP) is 4.69. The number of carbonyl (C=O) groups excluding carboxylic acids is 1. The minimum Gasteiger partial charge on any atom is -0.423 e. The molecule has 0 amide bonds. The molecule has 0 N–H and O–H groups in total. The minimum atomic E-state index is -0.306. The fraction of sp³-hybridized carbons (Fsp3) is 0.0952. The van der Waals surface area contributed by atoms with Crippen molar-refractivity contribution < 1.29 is 9.53 Å². The van der Waals surface area contributed by atoms with E-state index in [4.69, 9.17) is 4.74 Å². The summed E-state index contributed by atoms with van der Waals surface area (Å²) in [4.78, 5) is 12.4. The van der Waals surface area contributed by atoms with Gasteiger partial charge < -0.3 is 4.74 Å². The van der Waals surface area contributed by atoms with Crippen LogP contribution in [0.25, 0.3) is 0 Å². The summed E-state index contributed by atoms with van der Waals surface area (Å²) in [5.74, 6) is 0.259. The van der Waals surface area contributed by atoms with Crippen LogP contribution in [0.4, 0.5) is 0 Å². The average Bonchev–Trinajstić information content (AvgIpc) is 2.62. The van der Waals surface area contributed by atoms with Gasteiger partial charge in [0.05, 0.1) is 5.56 Å². The Labute approximate surface area is 136 Å². The summed E-state index contributed by atoms with van der Waals surface area (Å²) in [6.07, 6.45) is 1.71. The van der Waals surface area contributed by atoms with Crippen LogP contribution in [0.15, 0.2) is 84.9 Å². The van der Waals surface area contributed by atoms with Crippen molar-refractivity contribution in [2.24, 2.45) is 0 Å². The van der Waals surface area contributed by atoms with E-state index in [2.05, 4.69) is 12.1 Å². The number of aryl methyl sites for hydroxylation is 2. The molecule has 0 fully saturated rings. The molecule has 0 radical (unpaired) electrons. The van der Waals surface area contributed by atoms with E-state index in [0.29, 0.717) is 11.3 Å². The van der Waals surface area contributed by atoms with E-state index in [1.165, 1.54) is 5.56 Å². The lowest BCUT2D eigenvalue weighted by atomic mass is 10.00. The van der Waals surface area contributed by atoms with E-state index in [-0.39, 0.29) is 5.97 Å². The second-order valence-electron chi connectivity index (χ2n) is 5.35. The van der Waals surface area contributed by atoms with Crippen molar-refractivity contribution >= 4 is 5.97 Å². The molecule has 0 bridgehead atoms. The molecule has 0 heterocycles. The van der Waals surface area contributed by atoms with E-state index in [0.717, 1.165) is 18.4 Å². The minimum absolute atomic E-state index is 0.306. The Morgan fingerprint density at radius 2 is 1.30 bits per heavy atom. The van der Waals surface area contributed by atoms with Crippen molar-refractivity contribution in [1.29, 1.82) is 0 Å². The zero-order valence-corrected chi connectivity index (χ0v) is 12.8. The van der Waals surface area contributed by atoms with Gasteiger partial charge in [0.1, 0.15) is 5.75 Å². The lowest BCUT2D eigenvalue weighted by Gasteiger charge is -2.09. The number of ether oxygens (including phenoxy) is 1. The molecule has 3 rings (SSSR count). The summed E-state index contributed by atoms with van der Waals surface area (Å²) >= 11 is 0. The van der Waals surface area contributed by atoms with Crippen LogP contribution in [0.1, 0.15) is 21.5 Å². The first-order valence-electron chi connectivity index (χ1n) is 7.72. The van der Waals surface area contributed by atoms with E-state index < -0.39 is 0 Å². The second-order valence-corrected chi connectivity index (χ2v) is 5.35. The van der Waals surface area contributed by atoms with Crippen LogP contribution >= 0.6 is 0 Å². The molecule has 0 saturated carbocycles. The normalized spacial score (nSPS) is 10.3. The molecule has 0 atom stereocenters. The fourth-order valence-electron chi connectivity index (χ4n) is 2.51. The topological polar surface area (TPSA) is 26.3 Å². The number of carbonyl (C=O) groups is 1. The molecule has 0 unspecified atom stereocenters. The van der Waals surface area contributed by atoms with Crippen LogP contribution < -0.4 is 4.74 Å². The largest absolute Gasteiger partial charge is 0.423 e. The highest BCUT2D eigenvalue weighted by atomic mass is 16.5. The zero-order valence-electron chi connectivity index (χ0n) is 12.8. The first-order valence-corrected chi connectivity index (χ1v) is 7.72. The lowest BCUT2D eigenvalue weighted by Crippen LogP contribution is -2.11. The number of para-hydroxylation sites is 1. The third-order valence-corrected chi connectivity index (χ3v) is 3.72.